The van der Waals surface area contributed by atoms with Gasteiger partial charge in [0.1, 0.15) is 17.8 Å². The topological polar surface area (TPSA) is 70.7 Å². The molecule has 0 aromatic heterocycles. The summed E-state index contributed by atoms with van der Waals surface area (Å²) in [4.78, 5) is 29.6. The Balaban J connectivity index is 1.86. The van der Waals surface area contributed by atoms with Gasteiger partial charge >= 0.3 is 0 Å². The van der Waals surface area contributed by atoms with Crippen molar-refractivity contribution in [3.8, 4) is 5.75 Å². The normalized spacial score (nSPS) is 16.5. The Kier molecular flexibility index (Phi) is 10.4. The molecule has 1 aliphatic heterocycles. The molecule has 0 bridgehead atoms. The smallest absolute Gasteiger partial charge is 0.246 e. The number of aryl methyl sites for hydroxylation is 2. The van der Waals surface area contributed by atoms with E-state index in [-0.39, 0.29) is 17.7 Å². The van der Waals surface area contributed by atoms with E-state index < -0.39 is 12.1 Å². The van der Waals surface area contributed by atoms with E-state index in [0.29, 0.717) is 6.42 Å². The number of carbonyl (C=O) groups excluding carboxylic acids is 2. The number of para-hydroxylation sites is 1. The van der Waals surface area contributed by atoms with Crippen LogP contribution in [-0.4, -0.2) is 43.0 Å². The Bertz CT molecular complexity index is 975. The lowest BCUT2D eigenvalue weighted by atomic mass is 9.98. The van der Waals surface area contributed by atoms with Crippen LogP contribution in [0.3, 0.4) is 0 Å². The standard InChI is InChI=1S/C30H43N3O3/c1-21(2)20-26(29(34)32-27-22(3)12-11-13-23(27)4)31-30(35)28(24-14-16-25(36-5)17-15-24)33-18-9-7-6-8-10-19-33/h11-17,21,26,28H,6-10,18-20H2,1-5H3,(H,31,35)(H,32,34). The van der Waals surface area contributed by atoms with Gasteiger partial charge in [-0.05, 0) is 80.9 Å². The number of hydrogen-bond acceptors (Lipinski definition) is 4. The number of hydrogen-bond donors (Lipinski definition) is 2. The maximum absolute atomic E-state index is 13.9. The molecule has 2 N–H and O–H groups in total. The zero-order valence-electron chi connectivity index (χ0n) is 22.6. The van der Waals surface area contributed by atoms with Crippen molar-refractivity contribution < 1.29 is 14.3 Å². The van der Waals surface area contributed by atoms with Gasteiger partial charge in [-0.2, -0.15) is 0 Å². The number of rotatable bonds is 9. The summed E-state index contributed by atoms with van der Waals surface area (Å²) < 4.78 is 5.34. The van der Waals surface area contributed by atoms with Crippen LogP contribution in [0.4, 0.5) is 5.69 Å². The number of nitrogens with zero attached hydrogens (tertiary/aromatic N) is 1. The summed E-state index contributed by atoms with van der Waals surface area (Å²) in [5.74, 6) is 0.718. The van der Waals surface area contributed by atoms with Crippen molar-refractivity contribution >= 4 is 17.5 Å². The molecule has 0 radical (unpaired) electrons. The summed E-state index contributed by atoms with van der Waals surface area (Å²) in [5.41, 5.74) is 3.76. The van der Waals surface area contributed by atoms with Gasteiger partial charge < -0.3 is 15.4 Å². The Hall–Kier alpha value is -2.86. The number of nitrogens with one attached hydrogen (secondary N) is 2. The molecule has 1 heterocycles. The molecular formula is C30H43N3O3. The second-order valence-electron chi connectivity index (χ2n) is 10.4. The summed E-state index contributed by atoms with van der Waals surface area (Å²) in [7, 11) is 1.64. The minimum atomic E-state index is -0.619. The third kappa shape index (κ3) is 7.57. The van der Waals surface area contributed by atoms with E-state index in [1.54, 1.807) is 7.11 Å². The van der Waals surface area contributed by atoms with Crippen LogP contribution in [0.5, 0.6) is 5.75 Å². The maximum Gasteiger partial charge on any atom is 0.246 e. The van der Waals surface area contributed by atoms with Gasteiger partial charge in [-0.3, -0.25) is 14.5 Å². The number of carbonyl (C=O) groups is 2. The lowest BCUT2D eigenvalue weighted by molar-refractivity contribution is -0.131. The first-order valence-corrected chi connectivity index (χ1v) is 13.4. The van der Waals surface area contributed by atoms with Crippen LogP contribution in [0.15, 0.2) is 42.5 Å². The Morgan fingerprint density at radius 3 is 2.03 bits per heavy atom. The molecule has 0 aliphatic carbocycles. The summed E-state index contributed by atoms with van der Waals surface area (Å²) in [6.07, 6.45) is 6.33. The lowest BCUT2D eigenvalue weighted by Crippen LogP contribution is -2.50. The summed E-state index contributed by atoms with van der Waals surface area (Å²) in [6.45, 7) is 9.86. The highest BCUT2D eigenvalue weighted by atomic mass is 16.5. The van der Waals surface area contributed by atoms with Gasteiger partial charge in [-0.15, -0.1) is 0 Å². The van der Waals surface area contributed by atoms with Crippen LogP contribution in [0.25, 0.3) is 0 Å². The van der Waals surface area contributed by atoms with E-state index in [2.05, 4.69) is 29.4 Å². The SMILES string of the molecule is COc1ccc(C(C(=O)NC(CC(C)C)C(=O)Nc2c(C)cccc2C)N2CCCCCCC2)cc1. The zero-order valence-corrected chi connectivity index (χ0v) is 22.6. The molecule has 2 amide bonds. The van der Waals surface area contributed by atoms with Crippen LogP contribution in [0.1, 0.15) is 75.1 Å². The number of methoxy groups -OCH3 is 1. The van der Waals surface area contributed by atoms with Crippen molar-refractivity contribution in [2.75, 3.05) is 25.5 Å². The third-order valence-electron chi connectivity index (χ3n) is 7.01. The minimum Gasteiger partial charge on any atom is -0.497 e. The molecule has 1 aliphatic rings. The third-order valence-corrected chi connectivity index (χ3v) is 7.01. The monoisotopic (exact) mass is 493 g/mol. The molecular weight excluding hydrogens is 450 g/mol. The highest BCUT2D eigenvalue weighted by molar-refractivity contribution is 5.99. The Labute approximate surface area is 216 Å². The predicted molar refractivity (Wildman–Crippen MR) is 146 cm³/mol. The quantitative estimate of drug-likeness (QED) is 0.464. The second kappa shape index (κ2) is 13.4. The van der Waals surface area contributed by atoms with E-state index >= 15 is 0 Å². The highest BCUT2D eigenvalue weighted by Gasteiger charge is 2.32. The van der Waals surface area contributed by atoms with Gasteiger partial charge in [0, 0.05) is 5.69 Å². The molecule has 0 saturated carbocycles. The van der Waals surface area contributed by atoms with Crippen LogP contribution < -0.4 is 15.4 Å². The van der Waals surface area contributed by atoms with Gasteiger partial charge in [-0.25, -0.2) is 0 Å². The maximum atomic E-state index is 13.9. The van der Waals surface area contributed by atoms with Crippen molar-refractivity contribution in [1.82, 2.24) is 10.2 Å². The van der Waals surface area contributed by atoms with Crippen molar-refractivity contribution in [3.63, 3.8) is 0 Å². The average Bonchev–Trinajstić information content (AvgIpc) is 2.82. The van der Waals surface area contributed by atoms with Gasteiger partial charge in [0.05, 0.1) is 7.11 Å². The average molecular weight is 494 g/mol. The molecule has 6 nitrogen and oxygen atoms in total. The van der Waals surface area contributed by atoms with E-state index in [1.165, 1.54) is 19.3 Å². The van der Waals surface area contributed by atoms with Gasteiger partial charge in [0.15, 0.2) is 0 Å². The number of amides is 2. The highest BCUT2D eigenvalue weighted by Crippen LogP contribution is 2.27. The van der Waals surface area contributed by atoms with Crippen LogP contribution in [0, 0.1) is 19.8 Å². The predicted octanol–water partition coefficient (Wildman–Crippen LogP) is 5.79. The van der Waals surface area contributed by atoms with E-state index in [4.69, 9.17) is 4.74 Å². The van der Waals surface area contributed by atoms with Gasteiger partial charge in [0.2, 0.25) is 11.8 Å². The number of anilines is 1. The Morgan fingerprint density at radius 1 is 0.889 bits per heavy atom. The molecule has 3 rings (SSSR count). The molecule has 1 saturated heterocycles. The fourth-order valence-electron chi connectivity index (χ4n) is 5.02. The lowest BCUT2D eigenvalue weighted by Gasteiger charge is -2.33. The van der Waals surface area contributed by atoms with Crippen molar-refractivity contribution in [1.29, 1.82) is 0 Å². The van der Waals surface area contributed by atoms with Crippen molar-refractivity contribution in [3.05, 3.63) is 59.2 Å². The summed E-state index contributed by atoms with van der Waals surface area (Å²) >= 11 is 0. The first-order valence-electron chi connectivity index (χ1n) is 13.4. The van der Waals surface area contributed by atoms with Crippen LogP contribution >= 0.6 is 0 Å². The first kappa shape index (κ1) is 27.7. The number of benzene rings is 2. The van der Waals surface area contributed by atoms with Crippen molar-refractivity contribution in [2.24, 2.45) is 5.92 Å². The summed E-state index contributed by atoms with van der Waals surface area (Å²) in [5, 5.41) is 6.24. The molecule has 6 heteroatoms. The molecule has 2 atom stereocenters. The molecule has 2 unspecified atom stereocenters. The number of ether oxygens (including phenoxy) is 1. The molecule has 196 valence electrons. The molecule has 1 fully saturated rings. The van der Waals surface area contributed by atoms with Crippen LogP contribution in [0.2, 0.25) is 0 Å². The number of likely N-dealkylation sites (tertiary alicyclic amines) is 1. The second-order valence-corrected chi connectivity index (χ2v) is 10.4. The van der Waals surface area contributed by atoms with Crippen molar-refractivity contribution in [2.45, 2.75) is 78.3 Å². The van der Waals surface area contributed by atoms with E-state index in [0.717, 1.165) is 54.1 Å². The molecule has 2 aromatic carbocycles. The fraction of sp³-hybridized carbons (Fsp3) is 0.533. The minimum absolute atomic E-state index is 0.122. The molecule has 0 spiro atoms. The zero-order chi connectivity index (χ0) is 26.1. The summed E-state index contributed by atoms with van der Waals surface area (Å²) in [6, 6.07) is 12.6. The fourth-order valence-corrected chi connectivity index (χ4v) is 5.02. The van der Waals surface area contributed by atoms with E-state index in [9.17, 15) is 9.59 Å². The largest absolute Gasteiger partial charge is 0.497 e. The Morgan fingerprint density at radius 2 is 1.47 bits per heavy atom. The van der Waals surface area contributed by atoms with E-state index in [1.807, 2.05) is 56.3 Å². The molecule has 36 heavy (non-hydrogen) atoms. The van der Waals surface area contributed by atoms with Gasteiger partial charge in [0.25, 0.3) is 0 Å². The van der Waals surface area contributed by atoms with Gasteiger partial charge in [-0.1, -0.05) is 63.4 Å². The van der Waals surface area contributed by atoms with Crippen LogP contribution in [-0.2, 0) is 9.59 Å². The first-order chi connectivity index (χ1) is 17.3. The molecule has 2 aromatic rings.